The Morgan fingerprint density at radius 2 is 2.16 bits per heavy atom. The first-order valence-electron chi connectivity index (χ1n) is 5.61. The van der Waals surface area contributed by atoms with Gasteiger partial charge in [-0.1, -0.05) is 0 Å². The molecule has 0 aliphatic carbocycles. The summed E-state index contributed by atoms with van der Waals surface area (Å²) < 4.78 is 37.3. The predicted octanol–water partition coefficient (Wildman–Crippen LogP) is 1.59. The van der Waals surface area contributed by atoms with Gasteiger partial charge in [-0.15, -0.1) is 0 Å². The zero-order valence-corrected chi connectivity index (χ0v) is 10.3. The van der Waals surface area contributed by atoms with Crippen LogP contribution in [0.5, 0.6) is 0 Å². The van der Waals surface area contributed by atoms with E-state index in [4.69, 9.17) is 5.84 Å². The maximum absolute atomic E-state index is 12.4. The molecule has 106 valence electrons. The van der Waals surface area contributed by atoms with E-state index in [-0.39, 0.29) is 12.3 Å². The van der Waals surface area contributed by atoms with Gasteiger partial charge in [0.25, 0.3) is 0 Å². The van der Waals surface area contributed by atoms with Crippen molar-refractivity contribution in [2.24, 2.45) is 5.84 Å². The topological polar surface area (TPSA) is 80.0 Å². The predicted molar refractivity (Wildman–Crippen MR) is 64.0 cm³/mol. The molecule has 0 radical (unpaired) electrons. The molecule has 1 amide bonds. The van der Waals surface area contributed by atoms with Gasteiger partial charge < -0.3 is 5.32 Å². The molecule has 0 unspecified atom stereocenters. The molecule has 19 heavy (non-hydrogen) atoms. The standard InChI is InChI=1S/C11H15F3N4O/c1-7-5-8(11(12,13)14)6-17-10(7)16-4-2-3-9(19)18-15/h5-6H,2-4,15H2,1H3,(H,16,17)(H,18,19). The SMILES string of the molecule is Cc1cc(C(F)(F)F)cnc1NCCCC(=O)NN. The first kappa shape index (κ1) is 15.2. The second kappa shape index (κ2) is 6.37. The molecule has 8 heteroatoms. The number of aryl methyl sites for hydroxylation is 1. The Hall–Kier alpha value is -1.83. The molecule has 0 aliphatic heterocycles. The van der Waals surface area contributed by atoms with Crippen LogP contribution in [0, 0.1) is 6.92 Å². The highest BCUT2D eigenvalue weighted by Gasteiger charge is 2.31. The summed E-state index contributed by atoms with van der Waals surface area (Å²) in [6.45, 7) is 1.96. The fourth-order valence-electron chi connectivity index (χ4n) is 1.44. The maximum atomic E-state index is 12.4. The Kier molecular flexibility index (Phi) is 5.11. The van der Waals surface area contributed by atoms with Crippen molar-refractivity contribution in [1.29, 1.82) is 0 Å². The highest BCUT2D eigenvalue weighted by atomic mass is 19.4. The number of halogens is 3. The van der Waals surface area contributed by atoms with Gasteiger partial charge in [0, 0.05) is 19.2 Å². The van der Waals surface area contributed by atoms with Crippen LogP contribution < -0.4 is 16.6 Å². The minimum Gasteiger partial charge on any atom is -0.370 e. The minimum absolute atomic E-state index is 0.239. The van der Waals surface area contributed by atoms with Crippen molar-refractivity contribution in [2.45, 2.75) is 25.9 Å². The molecule has 0 bridgehead atoms. The number of nitrogens with one attached hydrogen (secondary N) is 2. The largest absolute Gasteiger partial charge is 0.417 e. The third kappa shape index (κ3) is 4.74. The molecule has 0 aliphatic rings. The number of anilines is 1. The van der Waals surface area contributed by atoms with Gasteiger partial charge in [0.2, 0.25) is 5.91 Å². The quantitative estimate of drug-likeness (QED) is 0.330. The number of hydrogen-bond acceptors (Lipinski definition) is 4. The van der Waals surface area contributed by atoms with Gasteiger partial charge in [0.05, 0.1) is 5.56 Å². The molecule has 1 heterocycles. The number of alkyl halides is 3. The molecule has 5 nitrogen and oxygen atoms in total. The van der Waals surface area contributed by atoms with Gasteiger partial charge in [-0.05, 0) is 25.0 Å². The van der Waals surface area contributed by atoms with Crippen LogP contribution in [-0.4, -0.2) is 17.4 Å². The van der Waals surface area contributed by atoms with E-state index >= 15 is 0 Å². The van der Waals surface area contributed by atoms with E-state index in [0.717, 1.165) is 12.3 Å². The zero-order valence-electron chi connectivity index (χ0n) is 10.3. The number of nitrogens with two attached hydrogens (primary N) is 1. The lowest BCUT2D eigenvalue weighted by Crippen LogP contribution is -2.30. The minimum atomic E-state index is -4.39. The van der Waals surface area contributed by atoms with Gasteiger partial charge in [0.1, 0.15) is 5.82 Å². The molecule has 0 atom stereocenters. The molecule has 0 saturated heterocycles. The molecule has 0 saturated carbocycles. The molecule has 1 rings (SSSR count). The van der Waals surface area contributed by atoms with Crippen molar-refractivity contribution in [1.82, 2.24) is 10.4 Å². The Labute approximate surface area is 108 Å². The second-order valence-electron chi connectivity index (χ2n) is 3.99. The number of rotatable bonds is 5. The van der Waals surface area contributed by atoms with E-state index in [1.165, 1.54) is 6.92 Å². The number of hydrogen-bond donors (Lipinski definition) is 3. The molecule has 4 N–H and O–H groups in total. The first-order chi connectivity index (χ1) is 8.84. The third-order valence-corrected chi connectivity index (χ3v) is 2.44. The summed E-state index contributed by atoms with van der Waals surface area (Å²) in [7, 11) is 0. The van der Waals surface area contributed by atoms with Crippen molar-refractivity contribution in [3.05, 3.63) is 23.4 Å². The van der Waals surface area contributed by atoms with Gasteiger partial charge in [-0.25, -0.2) is 10.8 Å². The van der Waals surface area contributed by atoms with Crippen LogP contribution in [-0.2, 0) is 11.0 Å². The summed E-state index contributed by atoms with van der Waals surface area (Å²) in [4.78, 5) is 14.6. The van der Waals surface area contributed by atoms with Crippen LogP contribution in [0.25, 0.3) is 0 Å². The van der Waals surface area contributed by atoms with Gasteiger partial charge in [-0.3, -0.25) is 10.2 Å². The lowest BCUT2D eigenvalue weighted by molar-refractivity contribution is -0.137. The third-order valence-electron chi connectivity index (χ3n) is 2.44. The molecular weight excluding hydrogens is 261 g/mol. The van der Waals surface area contributed by atoms with E-state index in [9.17, 15) is 18.0 Å². The monoisotopic (exact) mass is 276 g/mol. The number of amides is 1. The normalized spacial score (nSPS) is 11.2. The summed E-state index contributed by atoms with van der Waals surface area (Å²) in [5, 5.41) is 2.87. The average molecular weight is 276 g/mol. The lowest BCUT2D eigenvalue weighted by Gasteiger charge is -2.11. The summed E-state index contributed by atoms with van der Waals surface area (Å²) in [6.07, 6.45) is -2.87. The first-order valence-corrected chi connectivity index (χ1v) is 5.61. The van der Waals surface area contributed by atoms with Crippen LogP contribution >= 0.6 is 0 Å². The molecule has 0 fully saturated rings. The fraction of sp³-hybridized carbons (Fsp3) is 0.455. The summed E-state index contributed by atoms with van der Waals surface area (Å²) >= 11 is 0. The summed E-state index contributed by atoms with van der Waals surface area (Å²) in [5.74, 6) is 4.99. The van der Waals surface area contributed by atoms with Crippen molar-refractivity contribution in [2.75, 3.05) is 11.9 Å². The Balaban J connectivity index is 2.54. The Bertz CT molecular complexity index is 448. The lowest BCUT2D eigenvalue weighted by atomic mass is 10.2. The van der Waals surface area contributed by atoms with Crippen molar-refractivity contribution >= 4 is 11.7 Å². The van der Waals surface area contributed by atoms with E-state index in [0.29, 0.717) is 24.3 Å². The number of carbonyl (C=O) groups excluding carboxylic acids is 1. The fourth-order valence-corrected chi connectivity index (χ4v) is 1.44. The van der Waals surface area contributed by atoms with E-state index in [2.05, 4.69) is 10.3 Å². The van der Waals surface area contributed by atoms with Crippen molar-refractivity contribution < 1.29 is 18.0 Å². The molecule has 0 spiro atoms. The molecular formula is C11H15F3N4O. The zero-order chi connectivity index (χ0) is 14.5. The molecule has 1 aromatic heterocycles. The number of pyridine rings is 1. The summed E-state index contributed by atoms with van der Waals surface area (Å²) in [6, 6.07) is 1.03. The number of carbonyl (C=O) groups is 1. The Morgan fingerprint density at radius 1 is 1.47 bits per heavy atom. The highest BCUT2D eigenvalue weighted by Crippen LogP contribution is 2.30. The smallest absolute Gasteiger partial charge is 0.370 e. The Morgan fingerprint density at radius 3 is 2.68 bits per heavy atom. The second-order valence-corrected chi connectivity index (χ2v) is 3.99. The van der Waals surface area contributed by atoms with E-state index in [1.54, 1.807) is 0 Å². The molecule has 1 aromatic rings. The molecule has 0 aromatic carbocycles. The maximum Gasteiger partial charge on any atom is 0.417 e. The average Bonchev–Trinajstić information content (AvgIpc) is 2.34. The van der Waals surface area contributed by atoms with Crippen LogP contribution in [0.2, 0.25) is 0 Å². The van der Waals surface area contributed by atoms with Crippen LogP contribution in [0.1, 0.15) is 24.0 Å². The van der Waals surface area contributed by atoms with Crippen molar-refractivity contribution in [3.63, 3.8) is 0 Å². The van der Waals surface area contributed by atoms with Gasteiger partial charge >= 0.3 is 6.18 Å². The van der Waals surface area contributed by atoms with Gasteiger partial charge in [-0.2, -0.15) is 13.2 Å². The number of nitrogens with zero attached hydrogens (tertiary/aromatic N) is 1. The van der Waals surface area contributed by atoms with Gasteiger partial charge in [0.15, 0.2) is 0 Å². The summed E-state index contributed by atoms with van der Waals surface area (Å²) in [5.41, 5.74) is 1.61. The highest BCUT2D eigenvalue weighted by molar-refractivity contribution is 5.75. The van der Waals surface area contributed by atoms with Crippen LogP contribution in [0.4, 0.5) is 19.0 Å². The van der Waals surface area contributed by atoms with Crippen LogP contribution in [0.3, 0.4) is 0 Å². The number of aromatic nitrogens is 1. The van der Waals surface area contributed by atoms with Crippen LogP contribution in [0.15, 0.2) is 12.3 Å². The van der Waals surface area contributed by atoms with E-state index in [1.807, 2.05) is 5.43 Å². The number of hydrazine groups is 1. The van der Waals surface area contributed by atoms with E-state index < -0.39 is 11.7 Å². The van der Waals surface area contributed by atoms with Crippen molar-refractivity contribution in [3.8, 4) is 0 Å².